The van der Waals surface area contributed by atoms with Gasteiger partial charge < -0.3 is 11.1 Å². The molecule has 0 unspecified atom stereocenters. The molecular formula is C20H23N9O. The Morgan fingerprint density at radius 1 is 1.20 bits per heavy atom. The molecule has 4 aromatic rings. The minimum absolute atomic E-state index is 0.0772. The van der Waals surface area contributed by atoms with Crippen molar-refractivity contribution >= 4 is 29.0 Å². The molecule has 30 heavy (non-hydrogen) atoms. The molecule has 3 N–H and O–H groups in total. The van der Waals surface area contributed by atoms with Crippen molar-refractivity contribution in [2.45, 2.75) is 34.1 Å². The number of hydrogen-bond acceptors (Lipinski definition) is 8. The summed E-state index contributed by atoms with van der Waals surface area (Å²) in [5.74, 6) is 1.80. The van der Waals surface area contributed by atoms with Gasteiger partial charge in [-0.3, -0.25) is 4.79 Å². The zero-order valence-electron chi connectivity index (χ0n) is 17.3. The highest BCUT2D eigenvalue weighted by Crippen LogP contribution is 2.30. The number of carbonyl (C=O) groups is 1. The summed E-state index contributed by atoms with van der Waals surface area (Å²) in [5.41, 5.74) is 7.64. The number of rotatable bonds is 4. The number of nitrogens with two attached hydrogens (primary N) is 1. The van der Waals surface area contributed by atoms with Gasteiger partial charge in [0.25, 0.3) is 0 Å². The van der Waals surface area contributed by atoms with Gasteiger partial charge in [0.05, 0.1) is 5.69 Å². The van der Waals surface area contributed by atoms with Crippen LogP contribution in [-0.2, 0) is 0 Å². The van der Waals surface area contributed by atoms with E-state index in [1.54, 1.807) is 42.0 Å². The highest BCUT2D eigenvalue weighted by molar-refractivity contribution is 5.80. The number of aromatic nitrogens is 7. The zero-order chi connectivity index (χ0) is 21.5. The Balaban J connectivity index is 1.73. The molecule has 0 fully saturated rings. The Hall–Kier alpha value is -3.82. The third kappa shape index (κ3) is 3.97. The fraction of sp³-hybridized carbons (Fsp3) is 0.300. The van der Waals surface area contributed by atoms with Crippen LogP contribution in [0.3, 0.4) is 0 Å². The first-order valence-corrected chi connectivity index (χ1v) is 9.51. The Bertz CT molecular complexity index is 1210. The van der Waals surface area contributed by atoms with E-state index in [9.17, 15) is 4.79 Å². The molecule has 0 atom stereocenters. The first-order chi connectivity index (χ1) is 14.2. The van der Waals surface area contributed by atoms with Gasteiger partial charge in [-0.2, -0.15) is 5.10 Å². The molecule has 0 aromatic carbocycles. The lowest BCUT2D eigenvalue weighted by Crippen LogP contribution is -2.19. The van der Waals surface area contributed by atoms with Crippen molar-refractivity contribution in [2.75, 3.05) is 11.1 Å². The first kappa shape index (κ1) is 19.5. The number of nitrogens with zero attached hydrogens (tertiary/aromatic N) is 7. The van der Waals surface area contributed by atoms with Crippen molar-refractivity contribution < 1.29 is 4.79 Å². The Kier molecular flexibility index (Phi) is 4.69. The second-order valence-electron chi connectivity index (χ2n) is 8.23. The Morgan fingerprint density at radius 2 is 2.00 bits per heavy atom. The van der Waals surface area contributed by atoms with Gasteiger partial charge >= 0.3 is 0 Å². The number of anilines is 3. The monoisotopic (exact) mass is 405 g/mol. The van der Waals surface area contributed by atoms with Gasteiger partial charge in [-0.05, 0) is 24.5 Å². The largest absolute Gasteiger partial charge is 0.384 e. The second-order valence-corrected chi connectivity index (χ2v) is 8.23. The SMILES string of the molecule is Cc1nc(N)cc(-c2c(Nc3ccn(C(=O)CC(C)(C)C)n3)nc3cccnn23)n1. The highest BCUT2D eigenvalue weighted by atomic mass is 16.2. The van der Waals surface area contributed by atoms with E-state index in [-0.39, 0.29) is 11.3 Å². The van der Waals surface area contributed by atoms with Crippen molar-refractivity contribution in [2.24, 2.45) is 5.41 Å². The number of nitrogen functional groups attached to an aromatic ring is 1. The number of aryl methyl sites for hydroxylation is 1. The molecule has 0 saturated heterocycles. The Labute approximate surface area is 173 Å². The topological polar surface area (TPSA) is 129 Å². The molecule has 10 nitrogen and oxygen atoms in total. The fourth-order valence-electron chi connectivity index (χ4n) is 3.10. The molecule has 0 aliphatic carbocycles. The number of nitrogens with one attached hydrogen (secondary N) is 1. The predicted octanol–water partition coefficient (Wildman–Crippen LogP) is 3.09. The average Bonchev–Trinajstić information content (AvgIpc) is 3.24. The van der Waals surface area contributed by atoms with Crippen molar-refractivity contribution in [3.05, 3.63) is 42.5 Å². The molecule has 0 aliphatic rings. The minimum Gasteiger partial charge on any atom is -0.384 e. The summed E-state index contributed by atoms with van der Waals surface area (Å²) in [7, 11) is 0. The third-order valence-corrected chi connectivity index (χ3v) is 4.27. The van der Waals surface area contributed by atoms with Crippen LogP contribution in [0.15, 0.2) is 36.7 Å². The second kappa shape index (κ2) is 7.21. The van der Waals surface area contributed by atoms with Gasteiger partial charge in [0.2, 0.25) is 5.91 Å². The van der Waals surface area contributed by atoms with E-state index in [1.165, 1.54) is 4.68 Å². The van der Waals surface area contributed by atoms with Crippen LogP contribution in [0.25, 0.3) is 17.0 Å². The van der Waals surface area contributed by atoms with E-state index >= 15 is 0 Å². The average molecular weight is 405 g/mol. The van der Waals surface area contributed by atoms with Gasteiger partial charge in [0, 0.05) is 30.9 Å². The molecular weight excluding hydrogens is 382 g/mol. The smallest absolute Gasteiger partial charge is 0.247 e. The van der Waals surface area contributed by atoms with Crippen molar-refractivity contribution in [1.82, 2.24) is 34.3 Å². The van der Waals surface area contributed by atoms with Gasteiger partial charge in [0.15, 0.2) is 17.3 Å². The quantitative estimate of drug-likeness (QED) is 0.530. The minimum atomic E-state index is -0.123. The maximum atomic E-state index is 12.4. The molecule has 0 spiro atoms. The van der Waals surface area contributed by atoms with Gasteiger partial charge in [0.1, 0.15) is 17.3 Å². The standard InChI is InChI=1S/C20H23N9O/c1-12-23-13(10-14(21)24-12)18-19(26-16-6-5-8-22-29(16)18)25-15-7-9-28(27-15)17(30)11-20(2,3)4/h5-10H,11H2,1-4H3,(H,25,27)(H2,21,23,24). The van der Waals surface area contributed by atoms with Crippen LogP contribution >= 0.6 is 0 Å². The number of hydrogen-bond donors (Lipinski definition) is 2. The summed E-state index contributed by atoms with van der Waals surface area (Å²) in [6, 6.07) is 7.03. The lowest BCUT2D eigenvalue weighted by atomic mass is 9.92. The van der Waals surface area contributed by atoms with E-state index in [0.717, 1.165) is 0 Å². The Morgan fingerprint density at radius 3 is 2.73 bits per heavy atom. The zero-order valence-corrected chi connectivity index (χ0v) is 17.3. The van der Waals surface area contributed by atoms with Crippen LogP contribution < -0.4 is 11.1 Å². The van der Waals surface area contributed by atoms with Crippen LogP contribution in [-0.4, -0.2) is 40.3 Å². The lowest BCUT2D eigenvalue weighted by molar-refractivity contribution is 0.0840. The summed E-state index contributed by atoms with van der Waals surface area (Å²) >= 11 is 0. The number of carbonyl (C=O) groups excluding carboxylic acids is 1. The van der Waals surface area contributed by atoms with Gasteiger partial charge in [-0.1, -0.05) is 20.8 Å². The van der Waals surface area contributed by atoms with Crippen LogP contribution in [0.2, 0.25) is 0 Å². The molecule has 0 aliphatic heterocycles. The predicted molar refractivity (Wildman–Crippen MR) is 113 cm³/mol. The first-order valence-electron chi connectivity index (χ1n) is 9.51. The summed E-state index contributed by atoms with van der Waals surface area (Å²) in [6.07, 6.45) is 3.69. The molecule has 4 rings (SSSR count). The molecule has 0 amide bonds. The molecule has 4 aromatic heterocycles. The van der Waals surface area contributed by atoms with E-state index in [4.69, 9.17) is 5.73 Å². The van der Waals surface area contributed by atoms with Gasteiger partial charge in [-0.15, -0.1) is 5.10 Å². The molecule has 4 heterocycles. The van der Waals surface area contributed by atoms with Crippen molar-refractivity contribution in [3.8, 4) is 11.4 Å². The van der Waals surface area contributed by atoms with E-state index < -0.39 is 0 Å². The van der Waals surface area contributed by atoms with E-state index in [2.05, 4.69) is 30.5 Å². The molecule has 10 heteroatoms. The summed E-state index contributed by atoms with van der Waals surface area (Å²) in [6.45, 7) is 7.81. The third-order valence-electron chi connectivity index (χ3n) is 4.27. The summed E-state index contributed by atoms with van der Waals surface area (Å²) < 4.78 is 3.01. The maximum Gasteiger partial charge on any atom is 0.247 e. The fourth-order valence-corrected chi connectivity index (χ4v) is 3.10. The highest BCUT2D eigenvalue weighted by Gasteiger charge is 2.20. The number of imidazole rings is 1. The van der Waals surface area contributed by atoms with Crippen LogP contribution in [0.5, 0.6) is 0 Å². The molecule has 154 valence electrons. The van der Waals surface area contributed by atoms with Crippen molar-refractivity contribution in [1.29, 1.82) is 0 Å². The van der Waals surface area contributed by atoms with Crippen LogP contribution in [0.4, 0.5) is 17.5 Å². The normalized spacial score (nSPS) is 11.7. The van der Waals surface area contributed by atoms with Crippen molar-refractivity contribution in [3.63, 3.8) is 0 Å². The van der Waals surface area contributed by atoms with E-state index in [1.807, 2.05) is 26.8 Å². The summed E-state index contributed by atoms with van der Waals surface area (Å²) in [5, 5.41) is 11.9. The molecule has 0 saturated carbocycles. The molecule has 0 radical (unpaired) electrons. The summed E-state index contributed by atoms with van der Waals surface area (Å²) in [4.78, 5) is 25.7. The van der Waals surface area contributed by atoms with Crippen LogP contribution in [0, 0.1) is 12.3 Å². The van der Waals surface area contributed by atoms with Crippen LogP contribution in [0.1, 0.15) is 37.8 Å². The maximum absolute atomic E-state index is 12.4. The number of fused-ring (bicyclic) bond motifs is 1. The van der Waals surface area contributed by atoms with E-state index in [0.29, 0.717) is 46.7 Å². The lowest BCUT2D eigenvalue weighted by Gasteiger charge is -2.16. The molecule has 0 bridgehead atoms. The van der Waals surface area contributed by atoms with Gasteiger partial charge in [-0.25, -0.2) is 24.1 Å².